The van der Waals surface area contributed by atoms with Gasteiger partial charge in [-0.2, -0.15) is 0 Å². The summed E-state index contributed by atoms with van der Waals surface area (Å²) in [6, 6.07) is -0.0981. The van der Waals surface area contributed by atoms with Crippen molar-refractivity contribution in [2.75, 3.05) is 6.54 Å². The van der Waals surface area contributed by atoms with Crippen molar-refractivity contribution >= 4 is 11.8 Å². The summed E-state index contributed by atoms with van der Waals surface area (Å²) in [5.41, 5.74) is 0. The summed E-state index contributed by atoms with van der Waals surface area (Å²) >= 11 is 0. The molecule has 1 unspecified atom stereocenters. The maximum Gasteiger partial charge on any atom is 0.243 e. The van der Waals surface area contributed by atoms with Crippen LogP contribution >= 0.6 is 0 Å². The van der Waals surface area contributed by atoms with Gasteiger partial charge in [-0.3, -0.25) is 9.59 Å². The molecule has 1 fully saturated rings. The van der Waals surface area contributed by atoms with E-state index in [0.717, 1.165) is 63.7 Å². The molecule has 0 bridgehead atoms. The monoisotopic (exact) mass is 683 g/mol. The van der Waals surface area contributed by atoms with Gasteiger partial charge in [0.25, 0.3) is 0 Å². The summed E-state index contributed by atoms with van der Waals surface area (Å²) in [5.74, 6) is 1.26. The van der Waals surface area contributed by atoms with Gasteiger partial charge in [0, 0.05) is 37.9 Å². The molecule has 6 heteroatoms. The van der Waals surface area contributed by atoms with Gasteiger partial charge in [0.15, 0.2) is 0 Å². The quantitative estimate of drug-likeness (QED) is 0.0626. The van der Waals surface area contributed by atoms with E-state index in [1.165, 1.54) is 128 Å². The molecule has 49 heavy (non-hydrogen) atoms. The molecule has 282 valence electrons. The Morgan fingerprint density at radius 1 is 0.776 bits per heavy atom. The molecule has 1 aliphatic rings. The molecule has 0 saturated heterocycles. The zero-order valence-electron chi connectivity index (χ0n) is 32.5. The van der Waals surface area contributed by atoms with Gasteiger partial charge in [-0.1, -0.05) is 148 Å². The molecule has 0 radical (unpaired) electrons. The third kappa shape index (κ3) is 21.0. The summed E-state index contributed by atoms with van der Waals surface area (Å²) in [6.07, 6.45) is 42.7. The van der Waals surface area contributed by atoms with Crippen molar-refractivity contribution in [2.24, 2.45) is 0 Å². The van der Waals surface area contributed by atoms with E-state index in [1.807, 2.05) is 24.2 Å². The Hall–Kier alpha value is -2.11. The lowest BCUT2D eigenvalue weighted by Gasteiger charge is -2.33. The van der Waals surface area contributed by atoms with E-state index >= 15 is 0 Å². The normalized spacial score (nSPS) is 14.4. The second-order valence-corrected chi connectivity index (χ2v) is 15.1. The van der Waals surface area contributed by atoms with E-state index in [-0.39, 0.29) is 23.9 Å². The second-order valence-electron chi connectivity index (χ2n) is 15.1. The van der Waals surface area contributed by atoms with E-state index in [4.69, 9.17) is 0 Å². The van der Waals surface area contributed by atoms with Crippen LogP contribution < -0.4 is 5.32 Å². The first-order valence-electron chi connectivity index (χ1n) is 21.3. The summed E-state index contributed by atoms with van der Waals surface area (Å²) in [6.45, 7) is 8.01. The van der Waals surface area contributed by atoms with Crippen molar-refractivity contribution < 1.29 is 9.59 Å². The molecule has 1 saturated carbocycles. The average molecular weight is 683 g/mol. The Balaban J connectivity index is 1.90. The fourth-order valence-corrected chi connectivity index (χ4v) is 7.44. The fourth-order valence-electron chi connectivity index (χ4n) is 7.44. The predicted octanol–water partition coefficient (Wildman–Crippen LogP) is 11.8. The van der Waals surface area contributed by atoms with Crippen LogP contribution in [0.5, 0.6) is 0 Å². The zero-order valence-corrected chi connectivity index (χ0v) is 32.5. The van der Waals surface area contributed by atoms with Crippen LogP contribution in [0.25, 0.3) is 0 Å². The summed E-state index contributed by atoms with van der Waals surface area (Å²) < 4.78 is 2.16. The number of aromatic nitrogens is 2. The number of nitrogens with one attached hydrogen (secondary N) is 1. The topological polar surface area (TPSA) is 67.2 Å². The van der Waals surface area contributed by atoms with Gasteiger partial charge in [0.05, 0.1) is 0 Å². The maximum absolute atomic E-state index is 14.0. The lowest BCUT2D eigenvalue weighted by atomic mass is 9.94. The van der Waals surface area contributed by atoms with Crippen LogP contribution in [0.15, 0.2) is 24.5 Å². The van der Waals surface area contributed by atoms with Crippen molar-refractivity contribution in [3.63, 3.8) is 0 Å². The zero-order chi connectivity index (χ0) is 35.2. The number of unbranched alkanes of at least 4 members (excludes halogenated alkanes) is 18. The molecule has 1 N–H and O–H groups in total. The Morgan fingerprint density at radius 2 is 1.33 bits per heavy atom. The summed E-state index contributed by atoms with van der Waals surface area (Å²) in [4.78, 5) is 34.3. The molecular formula is C43H78N4O2. The van der Waals surface area contributed by atoms with E-state index in [0.29, 0.717) is 13.0 Å². The van der Waals surface area contributed by atoms with Crippen molar-refractivity contribution in [1.82, 2.24) is 19.8 Å². The Kier molecular flexibility index (Phi) is 26.0. The van der Waals surface area contributed by atoms with E-state index < -0.39 is 0 Å². The highest BCUT2D eigenvalue weighted by molar-refractivity contribution is 5.87. The van der Waals surface area contributed by atoms with Gasteiger partial charge in [0.1, 0.15) is 11.9 Å². The third-order valence-corrected chi connectivity index (χ3v) is 10.7. The number of nitrogens with zero attached hydrogens (tertiary/aromatic N) is 3. The van der Waals surface area contributed by atoms with Crippen LogP contribution in [0.3, 0.4) is 0 Å². The van der Waals surface area contributed by atoms with Crippen molar-refractivity contribution in [1.29, 1.82) is 0 Å². The molecule has 1 heterocycles. The first-order valence-corrected chi connectivity index (χ1v) is 21.3. The van der Waals surface area contributed by atoms with Gasteiger partial charge in [-0.15, -0.1) is 0 Å². The highest BCUT2D eigenvalue weighted by Crippen LogP contribution is 2.21. The second kappa shape index (κ2) is 29.6. The maximum atomic E-state index is 14.0. The molecule has 1 atom stereocenters. The summed E-state index contributed by atoms with van der Waals surface area (Å²) in [7, 11) is 0. The van der Waals surface area contributed by atoms with Crippen LogP contribution in [0.4, 0.5) is 0 Å². The number of amides is 2. The SMILES string of the molecule is CCCCCC/C=C\CCCCCCCC(=O)N(CCCn1ccnc1C)C(CCCCCCCCCCCC)C(=O)NC1CCCCC1. The highest BCUT2D eigenvalue weighted by atomic mass is 16.2. The van der Waals surface area contributed by atoms with Crippen molar-refractivity contribution in [3.8, 4) is 0 Å². The first kappa shape index (κ1) is 43.1. The van der Waals surface area contributed by atoms with Gasteiger partial charge < -0.3 is 14.8 Å². The fraction of sp³-hybridized carbons (Fsp3) is 0.837. The van der Waals surface area contributed by atoms with Crippen LogP contribution in [-0.2, 0) is 16.1 Å². The lowest BCUT2D eigenvalue weighted by molar-refractivity contribution is -0.141. The number of hydrogen-bond acceptors (Lipinski definition) is 3. The molecule has 6 nitrogen and oxygen atoms in total. The predicted molar refractivity (Wildman–Crippen MR) is 209 cm³/mol. The standard InChI is InChI=1S/C43H78N4O2/c1-4-6-8-10-12-14-16-17-18-20-22-24-29-34-42(48)47(37-30-36-46-38-35-44-39(46)3)41(43(49)45-40-31-26-25-27-32-40)33-28-23-21-19-15-13-11-9-7-5-2/h14,16,35,38,40-41H,4-13,15,17-34,36-37H2,1-3H3,(H,45,49)/b16-14-. The third-order valence-electron chi connectivity index (χ3n) is 10.7. The molecule has 1 aromatic rings. The summed E-state index contributed by atoms with van der Waals surface area (Å²) in [5, 5.41) is 3.42. The highest BCUT2D eigenvalue weighted by Gasteiger charge is 2.30. The van der Waals surface area contributed by atoms with Crippen LogP contribution in [0.2, 0.25) is 0 Å². The van der Waals surface area contributed by atoms with Gasteiger partial charge in [-0.05, 0) is 64.7 Å². The molecule has 1 aromatic heterocycles. The molecule has 0 spiro atoms. The molecule has 0 aliphatic heterocycles. The van der Waals surface area contributed by atoms with Crippen molar-refractivity contribution in [2.45, 2.75) is 226 Å². The van der Waals surface area contributed by atoms with Crippen LogP contribution in [0, 0.1) is 6.92 Å². The number of aryl methyl sites for hydroxylation is 2. The first-order chi connectivity index (χ1) is 24.1. The number of hydrogen-bond donors (Lipinski definition) is 1. The van der Waals surface area contributed by atoms with Crippen LogP contribution in [0.1, 0.15) is 206 Å². The smallest absolute Gasteiger partial charge is 0.243 e. The Bertz CT molecular complexity index is 967. The van der Waals surface area contributed by atoms with E-state index in [9.17, 15) is 9.59 Å². The average Bonchev–Trinajstić information content (AvgIpc) is 3.52. The molecule has 2 amide bonds. The molecule has 0 aromatic carbocycles. The van der Waals surface area contributed by atoms with Gasteiger partial charge in [0.2, 0.25) is 11.8 Å². The Morgan fingerprint density at radius 3 is 1.92 bits per heavy atom. The molecule has 2 rings (SSSR count). The molecular weight excluding hydrogens is 604 g/mol. The van der Waals surface area contributed by atoms with Gasteiger partial charge >= 0.3 is 0 Å². The van der Waals surface area contributed by atoms with E-state index in [1.54, 1.807) is 0 Å². The van der Waals surface area contributed by atoms with Gasteiger partial charge in [-0.25, -0.2) is 4.98 Å². The van der Waals surface area contributed by atoms with Crippen LogP contribution in [-0.4, -0.2) is 44.9 Å². The van der Waals surface area contributed by atoms with Crippen molar-refractivity contribution in [3.05, 3.63) is 30.4 Å². The number of allylic oxidation sites excluding steroid dienone is 2. The largest absolute Gasteiger partial charge is 0.352 e. The number of rotatable bonds is 31. The minimum Gasteiger partial charge on any atom is -0.352 e. The number of imidazole rings is 1. The minimum atomic E-state index is -0.360. The lowest BCUT2D eigenvalue weighted by Crippen LogP contribution is -2.52. The number of carbonyl (C=O) groups is 2. The minimum absolute atomic E-state index is 0.0911. The number of carbonyl (C=O) groups excluding carboxylic acids is 2. The Labute approximate surface area is 303 Å². The molecule has 1 aliphatic carbocycles. The van der Waals surface area contributed by atoms with E-state index in [2.05, 4.69) is 40.9 Å².